The third kappa shape index (κ3) is 8.19. The predicted octanol–water partition coefficient (Wildman–Crippen LogP) is -0.544. The lowest BCUT2D eigenvalue weighted by Crippen LogP contribution is -2.42. The molecule has 94 valence electrons. The maximum absolute atomic E-state index is 11.3. The van der Waals surface area contributed by atoms with Gasteiger partial charge in [-0.25, -0.2) is 0 Å². The van der Waals surface area contributed by atoms with Crippen LogP contribution in [0.5, 0.6) is 0 Å². The van der Waals surface area contributed by atoms with Crippen molar-refractivity contribution in [2.45, 2.75) is 44.8 Å². The minimum Gasteiger partial charge on any atom is -0.481 e. The lowest BCUT2D eigenvalue weighted by atomic mass is 10.0. The van der Waals surface area contributed by atoms with Gasteiger partial charge < -0.3 is 21.3 Å². The minimum atomic E-state index is -1.42. The van der Waals surface area contributed by atoms with E-state index >= 15 is 0 Å². The number of nitrogens with two attached hydrogens (primary N) is 1. The number of carboxylic acids is 1. The smallest absolute Gasteiger partial charge is 0.306 e. The second-order valence-electron chi connectivity index (χ2n) is 4.36. The highest BCUT2D eigenvalue weighted by Gasteiger charge is 2.24. The van der Waals surface area contributed by atoms with E-state index in [2.05, 4.69) is 5.32 Å². The van der Waals surface area contributed by atoms with Gasteiger partial charge >= 0.3 is 5.97 Å². The van der Waals surface area contributed by atoms with Gasteiger partial charge in [-0.2, -0.15) is 0 Å². The number of nitrogens with one attached hydrogen (secondary N) is 1. The summed E-state index contributed by atoms with van der Waals surface area (Å²) in [5.41, 5.74) is 4.06. The average molecular weight is 232 g/mol. The number of carbonyl (C=O) groups excluding carboxylic acids is 1. The quantitative estimate of drug-likeness (QED) is 0.470. The molecule has 1 amide bonds. The zero-order chi connectivity index (χ0) is 12.8. The van der Waals surface area contributed by atoms with Gasteiger partial charge in [-0.15, -0.1) is 0 Å². The van der Waals surface area contributed by atoms with Gasteiger partial charge in [0.25, 0.3) is 0 Å². The zero-order valence-electron chi connectivity index (χ0n) is 9.69. The van der Waals surface area contributed by atoms with Crippen LogP contribution < -0.4 is 11.1 Å². The molecule has 0 aliphatic rings. The van der Waals surface area contributed by atoms with Crippen molar-refractivity contribution in [2.24, 2.45) is 5.73 Å². The van der Waals surface area contributed by atoms with E-state index in [1.165, 1.54) is 6.92 Å². The molecule has 0 aromatic heterocycles. The van der Waals surface area contributed by atoms with Crippen LogP contribution in [0, 0.1) is 0 Å². The molecule has 0 bridgehead atoms. The maximum atomic E-state index is 11.3. The van der Waals surface area contributed by atoms with E-state index in [4.69, 9.17) is 10.8 Å². The molecule has 5 N–H and O–H groups in total. The van der Waals surface area contributed by atoms with Crippen LogP contribution in [-0.4, -0.2) is 40.3 Å². The van der Waals surface area contributed by atoms with Crippen LogP contribution in [0.1, 0.15) is 33.1 Å². The van der Waals surface area contributed by atoms with Crippen molar-refractivity contribution in [2.75, 3.05) is 6.54 Å². The molecule has 0 aromatic carbocycles. The van der Waals surface area contributed by atoms with E-state index in [1.807, 2.05) is 0 Å². The largest absolute Gasteiger partial charge is 0.481 e. The molecule has 0 fully saturated rings. The summed E-state index contributed by atoms with van der Waals surface area (Å²) in [6.07, 6.45) is 0.439. The second-order valence-corrected chi connectivity index (χ2v) is 4.36. The molecule has 16 heavy (non-hydrogen) atoms. The first-order valence-corrected chi connectivity index (χ1v) is 5.19. The van der Waals surface area contributed by atoms with Gasteiger partial charge in [0.2, 0.25) is 5.91 Å². The highest BCUT2D eigenvalue weighted by molar-refractivity contribution is 5.76. The Kier molecular flexibility index (Phi) is 5.98. The van der Waals surface area contributed by atoms with E-state index in [0.717, 1.165) is 0 Å². The van der Waals surface area contributed by atoms with Gasteiger partial charge in [-0.3, -0.25) is 9.59 Å². The third-order valence-electron chi connectivity index (χ3n) is 2.03. The summed E-state index contributed by atoms with van der Waals surface area (Å²) in [6, 6.07) is -0.0507. The SMILES string of the molecule is CC(N)CCC(=O)NCC(C)(O)CC(=O)O. The molecule has 0 aliphatic heterocycles. The van der Waals surface area contributed by atoms with Gasteiger partial charge in [0, 0.05) is 19.0 Å². The fraction of sp³-hybridized carbons (Fsp3) is 0.800. The molecular formula is C10H20N2O4. The van der Waals surface area contributed by atoms with E-state index in [0.29, 0.717) is 6.42 Å². The van der Waals surface area contributed by atoms with Crippen molar-refractivity contribution in [1.29, 1.82) is 0 Å². The van der Waals surface area contributed by atoms with Crippen LogP contribution in [0.25, 0.3) is 0 Å². The first-order chi connectivity index (χ1) is 7.23. The van der Waals surface area contributed by atoms with Crippen LogP contribution in [0.2, 0.25) is 0 Å². The number of hydrogen-bond donors (Lipinski definition) is 4. The van der Waals surface area contributed by atoms with Crippen LogP contribution in [0.4, 0.5) is 0 Å². The van der Waals surface area contributed by atoms with Crippen molar-refractivity contribution in [3.05, 3.63) is 0 Å². The summed E-state index contributed by atoms with van der Waals surface area (Å²) >= 11 is 0. The normalized spacial score (nSPS) is 16.2. The molecule has 0 saturated heterocycles. The Morgan fingerprint density at radius 3 is 2.50 bits per heavy atom. The van der Waals surface area contributed by atoms with Crippen molar-refractivity contribution in [1.82, 2.24) is 5.32 Å². The summed E-state index contributed by atoms with van der Waals surface area (Å²) in [7, 11) is 0. The average Bonchev–Trinajstić information content (AvgIpc) is 2.09. The molecule has 0 heterocycles. The molecule has 0 rings (SSSR count). The fourth-order valence-electron chi connectivity index (χ4n) is 1.12. The van der Waals surface area contributed by atoms with Gasteiger partial charge in [-0.1, -0.05) is 0 Å². The molecule has 0 radical (unpaired) electrons. The van der Waals surface area contributed by atoms with E-state index in [9.17, 15) is 14.7 Å². The number of rotatable bonds is 7. The Hall–Kier alpha value is -1.14. The number of aliphatic carboxylic acids is 1. The van der Waals surface area contributed by atoms with E-state index in [1.54, 1.807) is 6.92 Å². The molecule has 6 heteroatoms. The molecule has 6 nitrogen and oxygen atoms in total. The second kappa shape index (κ2) is 6.44. The highest BCUT2D eigenvalue weighted by Crippen LogP contribution is 2.07. The Bertz CT molecular complexity index is 251. The lowest BCUT2D eigenvalue weighted by molar-refractivity contribution is -0.142. The number of carboxylic acid groups (broad SMARTS) is 1. The Balaban J connectivity index is 3.86. The van der Waals surface area contributed by atoms with E-state index in [-0.39, 0.29) is 24.9 Å². The van der Waals surface area contributed by atoms with Gasteiger partial charge in [0.15, 0.2) is 0 Å². The Morgan fingerprint density at radius 1 is 1.50 bits per heavy atom. The topological polar surface area (TPSA) is 113 Å². The monoisotopic (exact) mass is 232 g/mol. The standard InChI is InChI=1S/C10H20N2O4/c1-7(11)3-4-8(13)12-6-10(2,16)5-9(14)15/h7,16H,3-6,11H2,1-2H3,(H,12,13)(H,14,15). The first-order valence-electron chi connectivity index (χ1n) is 5.19. The Labute approximate surface area is 94.8 Å². The summed E-state index contributed by atoms with van der Waals surface area (Å²) in [5.74, 6) is -1.34. The van der Waals surface area contributed by atoms with Gasteiger partial charge in [0.05, 0.1) is 12.0 Å². The van der Waals surface area contributed by atoms with Crippen molar-refractivity contribution >= 4 is 11.9 Å². The van der Waals surface area contributed by atoms with Crippen LogP contribution in [-0.2, 0) is 9.59 Å². The predicted molar refractivity (Wildman–Crippen MR) is 58.8 cm³/mol. The minimum absolute atomic E-state index is 0.0507. The number of carbonyl (C=O) groups is 2. The molecular weight excluding hydrogens is 212 g/mol. The van der Waals surface area contributed by atoms with Crippen LogP contribution >= 0.6 is 0 Å². The zero-order valence-corrected chi connectivity index (χ0v) is 9.69. The summed E-state index contributed by atoms with van der Waals surface area (Å²) in [6.45, 7) is 3.10. The van der Waals surface area contributed by atoms with Crippen molar-refractivity contribution < 1.29 is 19.8 Å². The summed E-state index contributed by atoms with van der Waals surface area (Å²) in [5, 5.41) is 20.6. The first kappa shape index (κ1) is 14.9. The summed E-state index contributed by atoms with van der Waals surface area (Å²) < 4.78 is 0. The lowest BCUT2D eigenvalue weighted by Gasteiger charge is -2.21. The third-order valence-corrected chi connectivity index (χ3v) is 2.03. The van der Waals surface area contributed by atoms with Crippen LogP contribution in [0.15, 0.2) is 0 Å². The van der Waals surface area contributed by atoms with Crippen molar-refractivity contribution in [3.8, 4) is 0 Å². The van der Waals surface area contributed by atoms with Crippen LogP contribution in [0.3, 0.4) is 0 Å². The summed E-state index contributed by atoms with van der Waals surface area (Å²) in [4.78, 5) is 21.6. The number of hydrogen-bond acceptors (Lipinski definition) is 4. The number of aliphatic hydroxyl groups is 1. The molecule has 0 aromatic rings. The maximum Gasteiger partial charge on any atom is 0.306 e. The van der Waals surface area contributed by atoms with Gasteiger partial charge in [0.1, 0.15) is 0 Å². The molecule has 0 spiro atoms. The van der Waals surface area contributed by atoms with Crippen molar-refractivity contribution in [3.63, 3.8) is 0 Å². The molecule has 2 atom stereocenters. The number of amides is 1. The molecule has 2 unspecified atom stereocenters. The molecule has 0 saturated carbocycles. The van der Waals surface area contributed by atoms with Gasteiger partial charge in [-0.05, 0) is 20.3 Å². The van der Waals surface area contributed by atoms with E-state index < -0.39 is 18.0 Å². The fourth-order valence-corrected chi connectivity index (χ4v) is 1.12. The molecule has 0 aliphatic carbocycles. The highest BCUT2D eigenvalue weighted by atomic mass is 16.4. The Morgan fingerprint density at radius 2 is 2.06 bits per heavy atom.